The van der Waals surface area contributed by atoms with Gasteiger partial charge >= 0.3 is 6.03 Å². The third-order valence-electron chi connectivity index (χ3n) is 4.87. The number of hydrogen-bond donors (Lipinski definition) is 1. The molecule has 3 atom stereocenters. The summed E-state index contributed by atoms with van der Waals surface area (Å²) >= 11 is 1.72. The lowest BCUT2D eigenvalue weighted by atomic mass is 10.2. The Bertz CT molecular complexity index is 456. The molecule has 0 spiro atoms. The molecule has 7 heteroatoms. The van der Waals surface area contributed by atoms with Gasteiger partial charge in [-0.15, -0.1) is 11.8 Å². The van der Waals surface area contributed by atoms with Gasteiger partial charge in [0.05, 0.1) is 6.61 Å². The number of nitrogens with one attached hydrogen (secondary N) is 1. The van der Waals surface area contributed by atoms with Crippen LogP contribution >= 0.6 is 11.8 Å². The van der Waals surface area contributed by atoms with Crippen LogP contribution < -0.4 is 5.32 Å². The van der Waals surface area contributed by atoms with E-state index in [1.165, 1.54) is 0 Å². The van der Waals surface area contributed by atoms with E-state index in [0.717, 1.165) is 64.0 Å². The molecule has 6 nitrogen and oxygen atoms in total. The summed E-state index contributed by atoms with van der Waals surface area (Å²) in [6, 6.07) is -0.0707. The Kier molecular flexibility index (Phi) is 10.6. The Morgan fingerprint density at radius 3 is 2.56 bits per heavy atom. The number of ether oxygens (including phenoxy) is 2. The van der Waals surface area contributed by atoms with Crippen LogP contribution in [0.5, 0.6) is 0 Å². The van der Waals surface area contributed by atoms with Gasteiger partial charge in [0, 0.05) is 31.6 Å². The average Bonchev–Trinajstić information content (AvgIpc) is 3.14. The summed E-state index contributed by atoms with van der Waals surface area (Å²) in [5, 5.41) is 3.14. The summed E-state index contributed by atoms with van der Waals surface area (Å²) in [5.74, 6) is 0.777. The highest BCUT2D eigenvalue weighted by Gasteiger charge is 2.35. The maximum atomic E-state index is 12.7. The Morgan fingerprint density at radius 2 is 1.93 bits per heavy atom. The molecule has 1 unspecified atom stereocenters. The molecule has 1 fully saturated rings. The van der Waals surface area contributed by atoms with Crippen molar-refractivity contribution in [2.75, 3.05) is 32.1 Å². The predicted octanol–water partition coefficient (Wildman–Crippen LogP) is 3.99. The van der Waals surface area contributed by atoms with Gasteiger partial charge in [0.2, 0.25) is 0 Å². The van der Waals surface area contributed by atoms with E-state index in [1.807, 2.05) is 6.20 Å². The van der Waals surface area contributed by atoms with Crippen molar-refractivity contribution >= 4 is 17.8 Å². The summed E-state index contributed by atoms with van der Waals surface area (Å²) in [6.45, 7) is 9.94. The predicted molar refractivity (Wildman–Crippen MR) is 112 cm³/mol. The van der Waals surface area contributed by atoms with Crippen LogP contribution in [0, 0.1) is 0 Å². The molecule has 1 N–H and O–H groups in total. The largest absolute Gasteiger partial charge is 0.378 e. The van der Waals surface area contributed by atoms with Crippen molar-refractivity contribution in [2.24, 2.45) is 0 Å². The Hall–Kier alpha value is -0.760. The first-order valence-corrected chi connectivity index (χ1v) is 11.6. The lowest BCUT2D eigenvalue weighted by molar-refractivity contribution is -0.0378. The number of urea groups is 1. The highest BCUT2D eigenvalue weighted by Crippen LogP contribution is 2.28. The number of carbonyl (C=O) groups is 1. The first-order chi connectivity index (χ1) is 13.2. The number of amides is 2. The van der Waals surface area contributed by atoms with Crippen molar-refractivity contribution in [3.63, 3.8) is 0 Å². The van der Waals surface area contributed by atoms with Gasteiger partial charge in [0.15, 0.2) is 0 Å². The first kappa shape index (κ1) is 22.5. The number of carbonyl (C=O) groups excluding carboxylic acids is 1. The van der Waals surface area contributed by atoms with E-state index in [-0.39, 0.29) is 23.9 Å². The lowest BCUT2D eigenvalue weighted by Crippen LogP contribution is -2.56. The van der Waals surface area contributed by atoms with Gasteiger partial charge in [-0.3, -0.25) is 9.80 Å². The van der Waals surface area contributed by atoms with Crippen LogP contribution in [-0.2, 0) is 9.47 Å². The highest BCUT2D eigenvalue weighted by atomic mass is 32.2. The summed E-state index contributed by atoms with van der Waals surface area (Å²) in [7, 11) is 0. The van der Waals surface area contributed by atoms with Crippen LogP contribution in [0.4, 0.5) is 4.79 Å². The smallest absolute Gasteiger partial charge is 0.325 e. The summed E-state index contributed by atoms with van der Waals surface area (Å²) in [6.07, 6.45) is 10.6. The molecule has 2 heterocycles. The molecule has 0 saturated carbocycles. The van der Waals surface area contributed by atoms with Gasteiger partial charge in [0.1, 0.15) is 17.8 Å². The second-order valence-electron chi connectivity index (χ2n) is 7.17. The standard InChI is InChI=1S/C20H37N3O3S/c1-4-7-11-22(12-8-5-2)17-10-13-23(20(24)21-17)18-16-27-19(26-18)15-25-14-9-6-3/h10,13,17-19H,4-9,11-12,14-16H2,1-3H3,(H,21,24)/t17?,18-,19+/m1/s1. The molecule has 0 aromatic heterocycles. The van der Waals surface area contributed by atoms with E-state index in [9.17, 15) is 4.79 Å². The third kappa shape index (κ3) is 7.29. The summed E-state index contributed by atoms with van der Waals surface area (Å²) in [5.41, 5.74) is 0.0105. The van der Waals surface area contributed by atoms with E-state index in [0.29, 0.717) is 6.61 Å². The van der Waals surface area contributed by atoms with Crippen LogP contribution in [0.25, 0.3) is 0 Å². The number of nitrogens with zero attached hydrogens (tertiary/aromatic N) is 2. The van der Waals surface area contributed by atoms with Crippen LogP contribution in [0.2, 0.25) is 0 Å². The van der Waals surface area contributed by atoms with Gasteiger partial charge in [-0.1, -0.05) is 40.0 Å². The molecular weight excluding hydrogens is 362 g/mol. The molecule has 1 saturated heterocycles. The maximum absolute atomic E-state index is 12.7. The van der Waals surface area contributed by atoms with Crippen molar-refractivity contribution in [1.29, 1.82) is 0 Å². The quantitative estimate of drug-likeness (QED) is 0.475. The average molecular weight is 400 g/mol. The molecule has 0 bridgehead atoms. The topological polar surface area (TPSA) is 54.0 Å². The fourth-order valence-corrected chi connectivity index (χ4v) is 4.16. The monoisotopic (exact) mass is 399 g/mol. The number of thioether (sulfide) groups is 1. The van der Waals surface area contributed by atoms with E-state index in [1.54, 1.807) is 16.7 Å². The fourth-order valence-electron chi connectivity index (χ4n) is 3.15. The SMILES string of the molecule is CCCCOC[C@H]1O[C@@H](N2C=CC(N(CCCC)CCCC)NC2=O)CS1. The van der Waals surface area contributed by atoms with Crippen molar-refractivity contribution < 1.29 is 14.3 Å². The van der Waals surface area contributed by atoms with Gasteiger partial charge in [-0.05, 0) is 25.3 Å². The third-order valence-corrected chi connectivity index (χ3v) is 5.96. The molecule has 0 aromatic carbocycles. The second kappa shape index (κ2) is 12.6. The van der Waals surface area contributed by atoms with Gasteiger partial charge in [-0.2, -0.15) is 0 Å². The van der Waals surface area contributed by atoms with Crippen molar-refractivity contribution in [2.45, 2.75) is 77.1 Å². The fraction of sp³-hybridized carbons (Fsp3) is 0.850. The second-order valence-corrected chi connectivity index (χ2v) is 8.36. The number of unbranched alkanes of at least 4 members (excludes halogenated alkanes) is 3. The van der Waals surface area contributed by atoms with Crippen molar-refractivity contribution in [3.05, 3.63) is 12.3 Å². The Balaban J connectivity index is 1.84. The molecular formula is C20H37N3O3S. The lowest BCUT2D eigenvalue weighted by Gasteiger charge is -2.36. The Morgan fingerprint density at radius 1 is 1.22 bits per heavy atom. The molecule has 2 rings (SSSR count). The molecule has 2 aliphatic rings. The molecule has 2 amide bonds. The normalized spacial score (nSPS) is 25.4. The minimum absolute atomic E-state index is 0.0105. The van der Waals surface area contributed by atoms with Crippen molar-refractivity contribution in [1.82, 2.24) is 15.1 Å². The van der Waals surface area contributed by atoms with Gasteiger partial charge < -0.3 is 14.8 Å². The molecule has 0 aromatic rings. The molecule has 0 radical (unpaired) electrons. The van der Waals surface area contributed by atoms with E-state index in [4.69, 9.17) is 9.47 Å². The minimum atomic E-state index is -0.216. The van der Waals surface area contributed by atoms with E-state index < -0.39 is 0 Å². The van der Waals surface area contributed by atoms with Crippen LogP contribution in [0.1, 0.15) is 59.3 Å². The van der Waals surface area contributed by atoms with Crippen LogP contribution in [0.3, 0.4) is 0 Å². The van der Waals surface area contributed by atoms with Gasteiger partial charge in [-0.25, -0.2) is 4.79 Å². The first-order valence-electron chi connectivity index (χ1n) is 10.6. The molecule has 27 heavy (non-hydrogen) atoms. The maximum Gasteiger partial charge on any atom is 0.325 e. The summed E-state index contributed by atoms with van der Waals surface area (Å²) in [4.78, 5) is 16.7. The van der Waals surface area contributed by atoms with Crippen molar-refractivity contribution in [3.8, 4) is 0 Å². The van der Waals surface area contributed by atoms with Crippen LogP contribution in [0.15, 0.2) is 12.3 Å². The van der Waals surface area contributed by atoms with E-state index in [2.05, 4.69) is 37.1 Å². The zero-order valence-corrected chi connectivity index (χ0v) is 18.0. The minimum Gasteiger partial charge on any atom is -0.378 e. The zero-order valence-electron chi connectivity index (χ0n) is 17.2. The number of rotatable bonds is 13. The van der Waals surface area contributed by atoms with E-state index >= 15 is 0 Å². The zero-order chi connectivity index (χ0) is 19.5. The summed E-state index contributed by atoms with van der Waals surface area (Å²) < 4.78 is 11.7. The molecule has 0 aliphatic carbocycles. The highest BCUT2D eigenvalue weighted by molar-refractivity contribution is 8.00. The Labute approximate surface area is 169 Å². The van der Waals surface area contributed by atoms with Crippen LogP contribution in [-0.4, -0.2) is 65.7 Å². The van der Waals surface area contributed by atoms with Gasteiger partial charge in [0.25, 0.3) is 0 Å². The molecule has 2 aliphatic heterocycles. The number of hydrogen-bond acceptors (Lipinski definition) is 5. The molecule has 156 valence electrons.